The van der Waals surface area contributed by atoms with E-state index in [2.05, 4.69) is 20.5 Å². The quantitative estimate of drug-likeness (QED) is 0.742. The van der Waals surface area contributed by atoms with Crippen LogP contribution in [0.15, 0.2) is 23.0 Å². The summed E-state index contributed by atoms with van der Waals surface area (Å²) in [7, 11) is 0. The summed E-state index contributed by atoms with van der Waals surface area (Å²) in [5.41, 5.74) is 0.839. The first-order valence-corrected chi connectivity index (χ1v) is 7.34. The number of amides is 1. The van der Waals surface area contributed by atoms with E-state index in [1.165, 1.54) is 4.40 Å². The third-order valence-corrected chi connectivity index (χ3v) is 3.70. The van der Waals surface area contributed by atoms with Gasteiger partial charge in [0.15, 0.2) is 5.65 Å². The van der Waals surface area contributed by atoms with Gasteiger partial charge in [0.05, 0.1) is 0 Å². The summed E-state index contributed by atoms with van der Waals surface area (Å²) in [6.45, 7) is 3.24. The highest BCUT2D eigenvalue weighted by atomic mass is 35.5. The summed E-state index contributed by atoms with van der Waals surface area (Å²) < 4.78 is 1.24. The number of aryl methyl sites for hydroxylation is 2. The molecular weight excluding hydrogens is 341 g/mol. The molecule has 0 aliphatic carbocycles. The minimum atomic E-state index is -0.450. The zero-order chi connectivity index (χ0) is 16.7. The van der Waals surface area contributed by atoms with Crippen LogP contribution < -0.4 is 11.0 Å². The number of rotatable bonds is 2. The molecule has 1 aromatic carbocycles. The molecule has 0 saturated heterocycles. The maximum Gasteiger partial charge on any atom is 0.333 e. The molecule has 9 heteroatoms. The van der Waals surface area contributed by atoms with E-state index in [1.807, 2.05) is 0 Å². The fourth-order valence-corrected chi connectivity index (χ4v) is 2.83. The number of carbonyl (C=O) groups excluding carboxylic acids is 1. The van der Waals surface area contributed by atoms with Crippen LogP contribution in [0.4, 0.5) is 5.69 Å². The zero-order valence-electron chi connectivity index (χ0n) is 12.1. The summed E-state index contributed by atoms with van der Waals surface area (Å²) in [4.78, 5) is 27.2. The molecule has 2 N–H and O–H groups in total. The number of aromatic amines is 1. The molecule has 118 valence electrons. The first kappa shape index (κ1) is 15.5. The zero-order valence-corrected chi connectivity index (χ0v) is 13.7. The van der Waals surface area contributed by atoms with Crippen LogP contribution in [0.3, 0.4) is 0 Å². The lowest BCUT2D eigenvalue weighted by molar-refractivity contribution is 0.102. The molecule has 3 rings (SSSR count). The summed E-state index contributed by atoms with van der Waals surface area (Å²) in [5, 5.41) is 11.3. The molecule has 0 bridgehead atoms. The second kappa shape index (κ2) is 5.68. The van der Waals surface area contributed by atoms with Crippen LogP contribution in [-0.4, -0.2) is 25.5 Å². The van der Waals surface area contributed by atoms with Crippen LogP contribution in [0, 0.1) is 13.8 Å². The monoisotopic (exact) mass is 351 g/mol. The molecular formula is C14H11Cl2N5O2. The largest absolute Gasteiger partial charge is 0.333 e. The highest BCUT2D eigenvalue weighted by Gasteiger charge is 2.19. The highest BCUT2D eigenvalue weighted by Crippen LogP contribution is 2.23. The lowest BCUT2D eigenvalue weighted by atomic mass is 10.2. The molecule has 0 aliphatic rings. The lowest BCUT2D eigenvalue weighted by Gasteiger charge is -2.09. The molecule has 23 heavy (non-hydrogen) atoms. The van der Waals surface area contributed by atoms with E-state index in [0.29, 0.717) is 27.3 Å². The average Bonchev–Trinajstić information content (AvgIpc) is 2.79. The first-order valence-electron chi connectivity index (χ1n) is 6.59. The van der Waals surface area contributed by atoms with Crippen molar-refractivity contribution >= 4 is 40.4 Å². The van der Waals surface area contributed by atoms with E-state index >= 15 is 0 Å². The van der Waals surface area contributed by atoms with E-state index in [1.54, 1.807) is 32.0 Å². The van der Waals surface area contributed by atoms with Gasteiger partial charge >= 0.3 is 5.69 Å². The highest BCUT2D eigenvalue weighted by molar-refractivity contribution is 6.35. The molecule has 2 heterocycles. The van der Waals surface area contributed by atoms with Crippen molar-refractivity contribution in [3.05, 3.63) is 55.8 Å². The average molecular weight is 352 g/mol. The lowest BCUT2D eigenvalue weighted by Crippen LogP contribution is -2.24. The van der Waals surface area contributed by atoms with Gasteiger partial charge < -0.3 is 10.3 Å². The van der Waals surface area contributed by atoms with Gasteiger partial charge in [0.25, 0.3) is 5.91 Å². The van der Waals surface area contributed by atoms with Crippen molar-refractivity contribution in [1.29, 1.82) is 0 Å². The fraction of sp³-hybridized carbons (Fsp3) is 0.143. The van der Waals surface area contributed by atoms with Crippen molar-refractivity contribution in [2.45, 2.75) is 13.8 Å². The Morgan fingerprint density at radius 2 is 1.83 bits per heavy atom. The Morgan fingerprint density at radius 3 is 2.48 bits per heavy atom. The Kier molecular flexibility index (Phi) is 3.83. The third kappa shape index (κ3) is 2.80. The summed E-state index contributed by atoms with van der Waals surface area (Å²) >= 11 is 11.8. The molecule has 0 spiro atoms. The maximum absolute atomic E-state index is 12.6. The number of aromatic nitrogens is 4. The van der Waals surface area contributed by atoms with Crippen LogP contribution in [0.5, 0.6) is 0 Å². The molecule has 1 amide bonds. The number of hydrogen-bond acceptors (Lipinski definition) is 4. The number of hydrogen-bond donors (Lipinski definition) is 2. The number of halogens is 2. The van der Waals surface area contributed by atoms with Crippen LogP contribution in [0.25, 0.3) is 5.65 Å². The number of nitrogens with one attached hydrogen (secondary N) is 2. The van der Waals surface area contributed by atoms with Crippen molar-refractivity contribution in [1.82, 2.24) is 19.6 Å². The molecule has 3 aromatic rings. The van der Waals surface area contributed by atoms with Crippen molar-refractivity contribution in [3.63, 3.8) is 0 Å². The van der Waals surface area contributed by atoms with Crippen molar-refractivity contribution < 1.29 is 4.79 Å². The molecule has 0 radical (unpaired) electrons. The second-order valence-corrected chi connectivity index (χ2v) is 5.82. The van der Waals surface area contributed by atoms with E-state index in [9.17, 15) is 9.59 Å². The first-order chi connectivity index (χ1) is 10.9. The third-order valence-electron chi connectivity index (χ3n) is 3.27. The molecule has 0 atom stereocenters. The van der Waals surface area contributed by atoms with Gasteiger partial charge in [-0.05, 0) is 32.0 Å². The van der Waals surface area contributed by atoms with E-state index in [-0.39, 0.29) is 11.2 Å². The molecule has 0 aliphatic heterocycles. The predicted molar refractivity (Wildman–Crippen MR) is 87.5 cm³/mol. The standard InChI is InChI=1S/C14H11Cl2N5O2/c1-6-11(12-20-19-7(2)21(12)14(23)17-6)13(22)18-10-4-8(15)3-9(16)5-10/h3-5H,1-2H3,(H,17,23)(H,18,22). The van der Waals surface area contributed by atoms with Gasteiger partial charge in [-0.25, -0.2) is 9.20 Å². The van der Waals surface area contributed by atoms with E-state index < -0.39 is 11.6 Å². The van der Waals surface area contributed by atoms with Gasteiger partial charge in [-0.2, -0.15) is 0 Å². The Morgan fingerprint density at radius 1 is 1.17 bits per heavy atom. The number of benzene rings is 1. The Labute approximate surface area is 140 Å². The summed E-state index contributed by atoms with van der Waals surface area (Å²) in [6.07, 6.45) is 0. The number of anilines is 1. The Balaban J connectivity index is 2.09. The van der Waals surface area contributed by atoms with Gasteiger partial charge in [-0.3, -0.25) is 4.79 Å². The topological polar surface area (TPSA) is 92.2 Å². The smallest absolute Gasteiger partial charge is 0.322 e. The fourth-order valence-electron chi connectivity index (χ4n) is 2.31. The molecule has 2 aromatic heterocycles. The molecule has 0 saturated carbocycles. The van der Waals surface area contributed by atoms with Crippen molar-refractivity contribution in [2.24, 2.45) is 0 Å². The number of H-pyrrole nitrogens is 1. The second-order valence-electron chi connectivity index (χ2n) is 4.95. The minimum absolute atomic E-state index is 0.189. The van der Waals surface area contributed by atoms with Crippen LogP contribution in [0.2, 0.25) is 10.0 Å². The van der Waals surface area contributed by atoms with Gasteiger partial charge in [0, 0.05) is 21.4 Å². The summed E-state index contributed by atoms with van der Waals surface area (Å²) in [6, 6.07) is 4.70. The van der Waals surface area contributed by atoms with Crippen molar-refractivity contribution in [2.75, 3.05) is 5.32 Å². The van der Waals surface area contributed by atoms with E-state index in [4.69, 9.17) is 23.2 Å². The molecule has 0 unspecified atom stereocenters. The number of fused-ring (bicyclic) bond motifs is 1. The maximum atomic E-state index is 12.6. The molecule has 7 nitrogen and oxygen atoms in total. The van der Waals surface area contributed by atoms with Gasteiger partial charge in [0.1, 0.15) is 11.4 Å². The van der Waals surface area contributed by atoms with Crippen molar-refractivity contribution in [3.8, 4) is 0 Å². The van der Waals surface area contributed by atoms with Crippen LogP contribution in [-0.2, 0) is 0 Å². The Hall–Kier alpha value is -2.38. The van der Waals surface area contributed by atoms with Gasteiger partial charge in [0.2, 0.25) is 0 Å². The SMILES string of the molecule is Cc1[nH]c(=O)n2c(C)nnc2c1C(=O)Nc1cc(Cl)cc(Cl)c1. The van der Waals surface area contributed by atoms with Gasteiger partial charge in [-0.15, -0.1) is 10.2 Å². The normalized spacial score (nSPS) is 11.0. The Bertz CT molecular complexity index is 972. The minimum Gasteiger partial charge on any atom is -0.322 e. The number of nitrogens with zero attached hydrogens (tertiary/aromatic N) is 3. The van der Waals surface area contributed by atoms with Crippen LogP contribution in [0.1, 0.15) is 21.9 Å². The summed E-state index contributed by atoms with van der Waals surface area (Å²) in [5.74, 6) is -0.0596. The predicted octanol–water partition coefficient (Wildman–Crippen LogP) is 2.59. The number of carbonyl (C=O) groups is 1. The molecule has 0 fully saturated rings. The van der Waals surface area contributed by atoms with E-state index in [0.717, 1.165) is 0 Å². The van der Waals surface area contributed by atoms with Gasteiger partial charge in [-0.1, -0.05) is 23.2 Å². The van der Waals surface area contributed by atoms with Crippen LogP contribution >= 0.6 is 23.2 Å².